The first-order valence-corrected chi connectivity index (χ1v) is 9.96. The number of halogens is 1. The van der Waals surface area contributed by atoms with Gasteiger partial charge in [-0.15, -0.1) is 0 Å². The van der Waals surface area contributed by atoms with Crippen LogP contribution < -0.4 is 15.6 Å². The topological polar surface area (TPSA) is 98.4 Å². The number of nitrogens with one attached hydrogen (secondary N) is 1. The van der Waals surface area contributed by atoms with Crippen LogP contribution >= 0.6 is 0 Å². The second-order valence-corrected chi connectivity index (χ2v) is 7.81. The van der Waals surface area contributed by atoms with Crippen LogP contribution in [0.15, 0.2) is 17.1 Å². The monoisotopic (exact) mass is 398 g/mol. The van der Waals surface area contributed by atoms with E-state index < -0.39 is 22.8 Å². The number of pyridine rings is 1. The zero-order chi connectivity index (χ0) is 20.7. The molecule has 29 heavy (non-hydrogen) atoms. The van der Waals surface area contributed by atoms with Crippen molar-refractivity contribution in [3.05, 3.63) is 39.4 Å². The van der Waals surface area contributed by atoms with E-state index >= 15 is 4.39 Å². The van der Waals surface area contributed by atoms with Crippen molar-refractivity contribution in [1.29, 1.82) is 5.26 Å². The number of carboxylic acid groups (broad SMARTS) is 1. The van der Waals surface area contributed by atoms with Gasteiger partial charge in [0.1, 0.15) is 23.0 Å². The van der Waals surface area contributed by atoms with Gasteiger partial charge in [-0.2, -0.15) is 5.26 Å². The predicted molar refractivity (Wildman–Crippen MR) is 107 cm³/mol. The van der Waals surface area contributed by atoms with Crippen LogP contribution in [0.4, 0.5) is 10.1 Å². The number of aromatic carboxylic acids is 1. The van der Waals surface area contributed by atoms with Crippen LogP contribution in [0, 0.1) is 23.1 Å². The molecule has 1 saturated carbocycles. The van der Waals surface area contributed by atoms with Crippen molar-refractivity contribution in [2.45, 2.75) is 32.2 Å². The Hall–Kier alpha value is -2.92. The zero-order valence-corrected chi connectivity index (χ0v) is 16.2. The average Bonchev–Trinajstić information content (AvgIpc) is 3.44. The van der Waals surface area contributed by atoms with E-state index in [4.69, 9.17) is 0 Å². The minimum absolute atomic E-state index is 0.0293. The highest BCUT2D eigenvalue weighted by molar-refractivity contribution is 5.96. The van der Waals surface area contributed by atoms with Crippen molar-refractivity contribution < 1.29 is 14.3 Å². The van der Waals surface area contributed by atoms with Gasteiger partial charge in [-0.25, -0.2) is 9.18 Å². The Balaban J connectivity index is 1.90. The van der Waals surface area contributed by atoms with Crippen LogP contribution in [-0.2, 0) is 0 Å². The third-order valence-electron chi connectivity index (χ3n) is 5.81. The van der Waals surface area contributed by atoms with Gasteiger partial charge in [-0.05, 0) is 44.3 Å². The van der Waals surface area contributed by atoms with E-state index in [1.54, 1.807) is 4.57 Å². The molecule has 2 heterocycles. The summed E-state index contributed by atoms with van der Waals surface area (Å²) in [6.45, 7) is 4.99. The van der Waals surface area contributed by atoms with Crippen molar-refractivity contribution >= 4 is 22.6 Å². The van der Waals surface area contributed by atoms with E-state index in [1.165, 1.54) is 6.20 Å². The van der Waals surface area contributed by atoms with Crippen molar-refractivity contribution in [2.75, 3.05) is 31.1 Å². The summed E-state index contributed by atoms with van der Waals surface area (Å²) in [7, 11) is 0. The highest BCUT2D eigenvalue weighted by Crippen LogP contribution is 2.40. The number of anilines is 1. The standard InChI is InChI=1S/C21H23FN4O3/c1-2-24-9-12-5-6-25(10-12)19-15(8-23)18-14(7-17(19)22)20(27)16(21(28)29)11-26(18)13-3-4-13/h7,11-13,24H,2-6,9-10H2,1H3,(H,28,29). The van der Waals surface area contributed by atoms with Crippen LogP contribution in [0.3, 0.4) is 0 Å². The maximum absolute atomic E-state index is 15.2. The second kappa shape index (κ2) is 7.48. The van der Waals surface area contributed by atoms with Gasteiger partial charge in [0.15, 0.2) is 0 Å². The first-order valence-electron chi connectivity index (χ1n) is 9.96. The van der Waals surface area contributed by atoms with E-state index in [-0.39, 0.29) is 22.7 Å². The predicted octanol–water partition coefficient (Wildman–Crippen LogP) is 2.48. The van der Waals surface area contributed by atoms with Crippen molar-refractivity contribution in [3.8, 4) is 6.07 Å². The Bertz CT molecular complexity index is 1080. The highest BCUT2D eigenvalue weighted by Gasteiger charge is 2.32. The molecular formula is C21H23FN4O3. The average molecular weight is 398 g/mol. The van der Waals surface area contributed by atoms with Gasteiger partial charge in [0, 0.05) is 25.3 Å². The molecule has 8 heteroatoms. The van der Waals surface area contributed by atoms with Crippen LogP contribution in [0.25, 0.3) is 10.9 Å². The second-order valence-electron chi connectivity index (χ2n) is 7.81. The van der Waals surface area contributed by atoms with Gasteiger partial charge in [0.2, 0.25) is 5.43 Å². The van der Waals surface area contributed by atoms with Gasteiger partial charge < -0.3 is 19.9 Å². The molecule has 7 nitrogen and oxygen atoms in total. The Kier molecular flexibility index (Phi) is 5.01. The number of hydrogen-bond donors (Lipinski definition) is 2. The van der Waals surface area contributed by atoms with Crippen molar-refractivity contribution in [3.63, 3.8) is 0 Å². The summed E-state index contributed by atoms with van der Waals surface area (Å²) in [6.07, 6.45) is 3.88. The third kappa shape index (κ3) is 3.36. The van der Waals surface area contributed by atoms with Crippen molar-refractivity contribution in [1.82, 2.24) is 9.88 Å². The number of hydrogen-bond acceptors (Lipinski definition) is 5. The molecule has 1 aromatic carbocycles. The number of carbonyl (C=O) groups is 1. The molecule has 2 aliphatic rings. The molecule has 2 N–H and O–H groups in total. The molecule has 152 valence electrons. The number of nitriles is 1. The lowest BCUT2D eigenvalue weighted by Crippen LogP contribution is -2.27. The Morgan fingerprint density at radius 2 is 2.17 bits per heavy atom. The number of aromatic nitrogens is 1. The molecule has 2 fully saturated rings. The highest BCUT2D eigenvalue weighted by atomic mass is 19.1. The lowest BCUT2D eigenvalue weighted by atomic mass is 10.0. The molecule has 1 aliphatic heterocycles. The van der Waals surface area contributed by atoms with E-state index in [0.29, 0.717) is 24.5 Å². The molecule has 0 amide bonds. The Labute approximate surface area is 167 Å². The molecular weight excluding hydrogens is 375 g/mol. The smallest absolute Gasteiger partial charge is 0.341 e. The van der Waals surface area contributed by atoms with E-state index in [9.17, 15) is 20.0 Å². The molecule has 0 bridgehead atoms. The minimum atomic E-state index is -1.35. The number of rotatable bonds is 6. The fraction of sp³-hybridized carbons (Fsp3) is 0.476. The van der Waals surface area contributed by atoms with Gasteiger partial charge in [0.05, 0.1) is 16.6 Å². The van der Waals surface area contributed by atoms with Gasteiger partial charge in [-0.1, -0.05) is 6.92 Å². The molecule has 4 rings (SSSR count). The molecule has 1 aliphatic carbocycles. The molecule has 0 radical (unpaired) electrons. The zero-order valence-electron chi connectivity index (χ0n) is 16.2. The van der Waals surface area contributed by atoms with Crippen LogP contribution in [-0.4, -0.2) is 41.8 Å². The van der Waals surface area contributed by atoms with E-state index in [2.05, 4.69) is 11.4 Å². The summed E-state index contributed by atoms with van der Waals surface area (Å²) < 4.78 is 16.8. The summed E-state index contributed by atoms with van der Waals surface area (Å²) >= 11 is 0. The maximum atomic E-state index is 15.2. The third-order valence-corrected chi connectivity index (χ3v) is 5.81. The number of carboxylic acids is 1. The number of nitrogens with zero attached hydrogens (tertiary/aromatic N) is 3. The van der Waals surface area contributed by atoms with Gasteiger partial charge >= 0.3 is 5.97 Å². The molecule has 2 aromatic rings. The lowest BCUT2D eigenvalue weighted by molar-refractivity contribution is 0.0695. The van der Waals surface area contributed by atoms with Gasteiger partial charge in [0.25, 0.3) is 0 Å². The minimum Gasteiger partial charge on any atom is -0.477 e. The van der Waals surface area contributed by atoms with E-state index in [0.717, 1.165) is 38.4 Å². The largest absolute Gasteiger partial charge is 0.477 e. The Morgan fingerprint density at radius 1 is 1.41 bits per heavy atom. The molecule has 1 aromatic heterocycles. The SMILES string of the molecule is CCNCC1CCN(c2c(F)cc3c(=O)c(C(=O)O)cn(C4CC4)c3c2C#N)C1. The molecule has 1 unspecified atom stereocenters. The molecule has 1 saturated heterocycles. The van der Waals surface area contributed by atoms with Crippen molar-refractivity contribution in [2.24, 2.45) is 5.92 Å². The van der Waals surface area contributed by atoms with Gasteiger partial charge in [-0.3, -0.25) is 4.79 Å². The quantitative estimate of drug-likeness (QED) is 0.776. The van der Waals surface area contributed by atoms with Crippen LogP contribution in [0.2, 0.25) is 0 Å². The first kappa shape index (κ1) is 19.4. The van der Waals surface area contributed by atoms with Crippen LogP contribution in [0.1, 0.15) is 48.1 Å². The first-order chi connectivity index (χ1) is 14.0. The van der Waals surface area contributed by atoms with Crippen LogP contribution in [0.5, 0.6) is 0 Å². The summed E-state index contributed by atoms with van der Waals surface area (Å²) in [5, 5.41) is 22.6. The molecule has 1 atom stereocenters. The summed E-state index contributed by atoms with van der Waals surface area (Å²) in [5.41, 5.74) is -0.470. The number of benzene rings is 1. The normalized spacial score (nSPS) is 18.9. The molecule has 0 spiro atoms. The fourth-order valence-electron chi connectivity index (χ4n) is 4.24. The van der Waals surface area contributed by atoms with E-state index in [1.807, 2.05) is 11.8 Å². The Morgan fingerprint density at radius 3 is 2.79 bits per heavy atom. The summed E-state index contributed by atoms with van der Waals surface area (Å²) in [5.74, 6) is -1.64. The fourth-order valence-corrected chi connectivity index (χ4v) is 4.24. The lowest BCUT2D eigenvalue weighted by Gasteiger charge is -2.23. The summed E-state index contributed by atoms with van der Waals surface area (Å²) in [4.78, 5) is 26.1. The summed E-state index contributed by atoms with van der Waals surface area (Å²) in [6, 6.07) is 3.25. The number of fused-ring (bicyclic) bond motifs is 1. The maximum Gasteiger partial charge on any atom is 0.341 e.